The highest BCUT2D eigenvalue weighted by molar-refractivity contribution is 9.10. The molecule has 0 unspecified atom stereocenters. The van der Waals surface area contributed by atoms with Gasteiger partial charge in [0, 0.05) is 0 Å². The lowest BCUT2D eigenvalue weighted by Gasteiger charge is -2.13. The molecule has 0 bridgehead atoms. The van der Waals surface area contributed by atoms with Crippen molar-refractivity contribution in [2.75, 3.05) is 12.8 Å². The van der Waals surface area contributed by atoms with Gasteiger partial charge in [-0.15, -0.1) is 0 Å². The van der Waals surface area contributed by atoms with Crippen LogP contribution in [0.2, 0.25) is 0 Å². The number of rotatable bonds is 4. The summed E-state index contributed by atoms with van der Waals surface area (Å²) in [6, 6.07) is 5.67. The molecule has 0 atom stereocenters. The number of nitrogens with two attached hydrogens (primary N) is 1. The summed E-state index contributed by atoms with van der Waals surface area (Å²) in [6.45, 7) is 5.92. The van der Waals surface area contributed by atoms with Crippen molar-refractivity contribution in [3.8, 4) is 17.4 Å². The number of benzene rings is 1. The van der Waals surface area contributed by atoms with Crippen molar-refractivity contribution < 1.29 is 9.47 Å². The number of aryl methyl sites for hydroxylation is 1. The summed E-state index contributed by atoms with van der Waals surface area (Å²) in [4.78, 5) is 0. The van der Waals surface area contributed by atoms with Crippen LogP contribution in [0.15, 0.2) is 22.7 Å². The van der Waals surface area contributed by atoms with Gasteiger partial charge < -0.3 is 15.2 Å². The molecule has 0 spiro atoms. The van der Waals surface area contributed by atoms with Crippen LogP contribution in [-0.4, -0.2) is 16.9 Å². The maximum Gasteiger partial charge on any atom is 0.241 e. The fourth-order valence-electron chi connectivity index (χ4n) is 1.79. The second-order valence-electron chi connectivity index (χ2n) is 4.74. The number of nitrogens with zero attached hydrogens (tertiary/aromatic N) is 2. The molecule has 2 N–H and O–H groups in total. The smallest absolute Gasteiger partial charge is 0.241 e. The zero-order chi connectivity index (χ0) is 14.9. The lowest BCUT2D eigenvalue weighted by molar-refractivity contribution is 0.385. The van der Waals surface area contributed by atoms with Crippen LogP contribution in [0.3, 0.4) is 0 Å². The molecule has 0 fully saturated rings. The number of halogens is 1. The predicted octanol–water partition coefficient (Wildman–Crippen LogP) is 3.92. The molecular formula is C14H18BrN3O2. The zero-order valence-corrected chi connectivity index (χ0v) is 13.6. The van der Waals surface area contributed by atoms with E-state index in [0.29, 0.717) is 17.3 Å². The fourth-order valence-corrected chi connectivity index (χ4v) is 2.22. The summed E-state index contributed by atoms with van der Waals surface area (Å²) in [5, 5.41) is 4.40. The third-order valence-electron chi connectivity index (χ3n) is 2.92. The van der Waals surface area contributed by atoms with Crippen molar-refractivity contribution in [3.05, 3.63) is 28.4 Å². The SMILES string of the molecule is COc1ccc(Oc2c(N)c(C)nn2C(C)C)c(Br)c1. The van der Waals surface area contributed by atoms with Crippen molar-refractivity contribution in [1.82, 2.24) is 9.78 Å². The molecule has 5 nitrogen and oxygen atoms in total. The van der Waals surface area contributed by atoms with Gasteiger partial charge in [0.1, 0.15) is 17.2 Å². The third kappa shape index (κ3) is 2.75. The highest BCUT2D eigenvalue weighted by atomic mass is 79.9. The Morgan fingerprint density at radius 2 is 2.05 bits per heavy atom. The van der Waals surface area contributed by atoms with Crippen molar-refractivity contribution in [2.24, 2.45) is 0 Å². The van der Waals surface area contributed by atoms with Gasteiger partial charge >= 0.3 is 0 Å². The van der Waals surface area contributed by atoms with E-state index in [1.54, 1.807) is 11.8 Å². The normalized spacial score (nSPS) is 10.9. The predicted molar refractivity (Wildman–Crippen MR) is 82.5 cm³/mol. The summed E-state index contributed by atoms with van der Waals surface area (Å²) in [7, 11) is 1.62. The maximum atomic E-state index is 6.05. The monoisotopic (exact) mass is 339 g/mol. The first-order valence-electron chi connectivity index (χ1n) is 6.30. The van der Waals surface area contributed by atoms with Gasteiger partial charge in [-0.2, -0.15) is 5.10 Å². The molecule has 0 aliphatic rings. The average molecular weight is 340 g/mol. The topological polar surface area (TPSA) is 62.3 Å². The number of hydrogen-bond acceptors (Lipinski definition) is 4. The summed E-state index contributed by atoms with van der Waals surface area (Å²) < 4.78 is 13.7. The Bertz CT molecular complexity index is 623. The van der Waals surface area contributed by atoms with Gasteiger partial charge in [0.25, 0.3) is 0 Å². The fraction of sp³-hybridized carbons (Fsp3) is 0.357. The van der Waals surface area contributed by atoms with E-state index in [1.165, 1.54) is 0 Å². The van der Waals surface area contributed by atoms with E-state index in [9.17, 15) is 0 Å². The minimum Gasteiger partial charge on any atom is -0.497 e. The number of nitrogen functional groups attached to an aromatic ring is 1. The standard InChI is InChI=1S/C14H18BrN3O2/c1-8(2)18-14(13(16)9(3)17-18)20-12-6-5-10(19-4)7-11(12)15/h5-8H,16H2,1-4H3. The Morgan fingerprint density at radius 3 is 2.60 bits per heavy atom. The van der Waals surface area contributed by atoms with Crippen LogP contribution < -0.4 is 15.2 Å². The first-order valence-corrected chi connectivity index (χ1v) is 7.09. The molecular weight excluding hydrogens is 322 g/mol. The van der Waals surface area contributed by atoms with E-state index in [1.807, 2.05) is 39.0 Å². The highest BCUT2D eigenvalue weighted by Crippen LogP contribution is 2.37. The Balaban J connectivity index is 2.39. The minimum atomic E-state index is 0.165. The third-order valence-corrected chi connectivity index (χ3v) is 3.54. The largest absolute Gasteiger partial charge is 0.497 e. The molecule has 0 saturated heterocycles. The van der Waals surface area contributed by atoms with Crippen LogP contribution in [-0.2, 0) is 0 Å². The molecule has 0 aliphatic heterocycles. The lowest BCUT2D eigenvalue weighted by Crippen LogP contribution is -2.05. The van der Waals surface area contributed by atoms with E-state index in [-0.39, 0.29) is 6.04 Å². The van der Waals surface area contributed by atoms with Gasteiger partial charge in [-0.1, -0.05) is 0 Å². The molecule has 108 valence electrons. The number of anilines is 1. The molecule has 2 rings (SSSR count). The van der Waals surface area contributed by atoms with Crippen LogP contribution in [0.25, 0.3) is 0 Å². The Morgan fingerprint density at radius 1 is 1.35 bits per heavy atom. The number of ether oxygens (including phenoxy) is 2. The van der Waals surface area contributed by atoms with Crippen molar-refractivity contribution >= 4 is 21.6 Å². The summed E-state index contributed by atoms with van der Waals surface area (Å²) >= 11 is 3.46. The van der Waals surface area contributed by atoms with E-state index < -0.39 is 0 Å². The summed E-state index contributed by atoms with van der Waals surface area (Å²) in [5.41, 5.74) is 7.37. The molecule has 0 amide bonds. The maximum absolute atomic E-state index is 6.05. The minimum absolute atomic E-state index is 0.165. The molecule has 0 aliphatic carbocycles. The van der Waals surface area contributed by atoms with E-state index in [2.05, 4.69) is 21.0 Å². The lowest BCUT2D eigenvalue weighted by atomic mass is 10.3. The second kappa shape index (κ2) is 5.75. The molecule has 6 heteroatoms. The highest BCUT2D eigenvalue weighted by Gasteiger charge is 2.18. The Labute approximate surface area is 126 Å². The van der Waals surface area contributed by atoms with Crippen molar-refractivity contribution in [2.45, 2.75) is 26.8 Å². The zero-order valence-electron chi connectivity index (χ0n) is 12.0. The van der Waals surface area contributed by atoms with Gasteiger partial charge in [-0.3, -0.25) is 0 Å². The molecule has 0 saturated carbocycles. The van der Waals surface area contributed by atoms with Gasteiger partial charge in [-0.05, 0) is 54.9 Å². The molecule has 1 aromatic heterocycles. The number of methoxy groups -OCH3 is 1. The molecule has 1 heterocycles. The van der Waals surface area contributed by atoms with Gasteiger partial charge in [0.2, 0.25) is 5.88 Å². The quantitative estimate of drug-likeness (QED) is 0.916. The summed E-state index contributed by atoms with van der Waals surface area (Å²) in [6.07, 6.45) is 0. The second-order valence-corrected chi connectivity index (χ2v) is 5.60. The average Bonchev–Trinajstić information content (AvgIpc) is 2.69. The van der Waals surface area contributed by atoms with E-state index in [0.717, 1.165) is 15.9 Å². The molecule has 0 radical (unpaired) electrons. The van der Waals surface area contributed by atoms with Crippen LogP contribution in [0.5, 0.6) is 17.4 Å². The van der Waals surface area contributed by atoms with Crippen LogP contribution in [0, 0.1) is 6.92 Å². The Hall–Kier alpha value is -1.69. The van der Waals surface area contributed by atoms with Crippen LogP contribution in [0.4, 0.5) is 5.69 Å². The first-order chi connectivity index (χ1) is 9.43. The van der Waals surface area contributed by atoms with E-state index >= 15 is 0 Å². The van der Waals surface area contributed by atoms with E-state index in [4.69, 9.17) is 15.2 Å². The van der Waals surface area contributed by atoms with Crippen LogP contribution in [0.1, 0.15) is 25.6 Å². The molecule has 1 aromatic carbocycles. The van der Waals surface area contributed by atoms with Crippen LogP contribution >= 0.6 is 15.9 Å². The number of hydrogen-bond donors (Lipinski definition) is 1. The molecule has 2 aromatic rings. The van der Waals surface area contributed by atoms with Gasteiger partial charge in [-0.25, -0.2) is 4.68 Å². The van der Waals surface area contributed by atoms with Crippen molar-refractivity contribution in [1.29, 1.82) is 0 Å². The number of aromatic nitrogens is 2. The first kappa shape index (κ1) is 14.7. The van der Waals surface area contributed by atoms with Gasteiger partial charge in [0.05, 0.1) is 23.3 Å². The van der Waals surface area contributed by atoms with Gasteiger partial charge in [0.15, 0.2) is 0 Å². The Kier molecular flexibility index (Phi) is 4.23. The molecule has 20 heavy (non-hydrogen) atoms. The summed E-state index contributed by atoms with van der Waals surface area (Å²) in [5.74, 6) is 1.98. The van der Waals surface area contributed by atoms with Crippen molar-refractivity contribution in [3.63, 3.8) is 0 Å².